The summed E-state index contributed by atoms with van der Waals surface area (Å²) in [4.78, 5) is 24.1. The molecule has 2 aliphatic heterocycles. The number of hydrogen-bond donors (Lipinski definition) is 0. The summed E-state index contributed by atoms with van der Waals surface area (Å²) in [5.74, 6) is 0.475. The number of imidazole rings is 1. The molecule has 0 N–H and O–H groups in total. The molecule has 7 nitrogen and oxygen atoms in total. The molecule has 0 fully saturated rings. The fraction of sp³-hybridized carbons (Fsp3) is 0.269. The molecule has 2 aromatic carbocycles. The smallest absolute Gasteiger partial charge is 0.387 e. The van der Waals surface area contributed by atoms with E-state index < -0.39 is 19.8 Å². The molecule has 6 rings (SSSR count). The van der Waals surface area contributed by atoms with E-state index in [4.69, 9.17) is 9.72 Å². The molecule has 0 aliphatic carbocycles. The quantitative estimate of drug-likeness (QED) is 0.360. The van der Waals surface area contributed by atoms with Crippen molar-refractivity contribution in [2.75, 3.05) is 20.4 Å². The topological polar surface area (TPSA) is 77.3 Å². The van der Waals surface area contributed by atoms with E-state index in [9.17, 15) is 18.1 Å². The van der Waals surface area contributed by atoms with E-state index in [1.54, 1.807) is 49.7 Å². The first kappa shape index (κ1) is 22.9. The minimum atomic E-state index is -3.01. The van der Waals surface area contributed by atoms with E-state index in [1.807, 2.05) is 28.8 Å². The zero-order valence-corrected chi connectivity index (χ0v) is 20.7. The molecule has 0 radical (unpaired) electrons. The molecule has 2 bridgehead atoms. The van der Waals surface area contributed by atoms with Gasteiger partial charge in [-0.15, -0.1) is 0 Å². The molecular weight excluding hydrogens is 485 g/mol. The Hall–Kier alpha value is -3.58. The Balaban J connectivity index is 1.53. The lowest BCUT2D eigenvalue weighted by atomic mass is 9.97. The third kappa shape index (κ3) is 3.45. The van der Waals surface area contributed by atoms with E-state index in [0.717, 1.165) is 22.2 Å². The van der Waals surface area contributed by atoms with Crippen LogP contribution in [0.1, 0.15) is 40.3 Å². The zero-order chi connectivity index (χ0) is 25.4. The van der Waals surface area contributed by atoms with Crippen LogP contribution in [0.3, 0.4) is 0 Å². The lowest BCUT2D eigenvalue weighted by Crippen LogP contribution is -2.30. The van der Waals surface area contributed by atoms with Crippen LogP contribution in [0.4, 0.5) is 8.78 Å². The molecule has 184 valence electrons. The summed E-state index contributed by atoms with van der Waals surface area (Å²) in [6, 6.07) is 13.5. The number of aromatic nitrogens is 3. The molecule has 0 saturated carbocycles. The van der Waals surface area contributed by atoms with Gasteiger partial charge in [0.2, 0.25) is 0 Å². The van der Waals surface area contributed by atoms with Crippen LogP contribution in [-0.2, 0) is 4.57 Å². The van der Waals surface area contributed by atoms with Crippen molar-refractivity contribution >= 4 is 29.5 Å². The van der Waals surface area contributed by atoms with E-state index >= 15 is 0 Å². The van der Waals surface area contributed by atoms with E-state index in [-0.39, 0.29) is 17.7 Å². The van der Waals surface area contributed by atoms with Crippen molar-refractivity contribution in [1.29, 1.82) is 0 Å². The Morgan fingerprint density at radius 1 is 1.08 bits per heavy atom. The van der Waals surface area contributed by atoms with Crippen molar-refractivity contribution < 1.29 is 22.9 Å². The molecule has 2 aromatic heterocycles. The second-order valence-corrected chi connectivity index (χ2v) is 12.7. The number of fused-ring (bicyclic) bond motifs is 9. The Morgan fingerprint density at radius 3 is 2.56 bits per heavy atom. The van der Waals surface area contributed by atoms with Crippen LogP contribution in [0, 0.1) is 0 Å². The van der Waals surface area contributed by atoms with E-state index in [1.165, 1.54) is 6.07 Å². The highest BCUT2D eigenvalue weighted by Crippen LogP contribution is 2.50. The lowest BCUT2D eigenvalue weighted by Gasteiger charge is -2.24. The Kier molecular flexibility index (Phi) is 5.06. The van der Waals surface area contributed by atoms with Gasteiger partial charge in [0.15, 0.2) is 0 Å². The van der Waals surface area contributed by atoms with Crippen molar-refractivity contribution in [2.24, 2.45) is 0 Å². The van der Waals surface area contributed by atoms with Crippen LogP contribution in [0.5, 0.6) is 5.75 Å². The SMILES string of the molecule is CN1C(=O)c2cccc(OC(F)F)c2[C@H]2C[C@@H]1c1nc3ccc(-c4ccc(P(C)(C)=O)nc4)cc3n12. The molecule has 4 heterocycles. The Bertz CT molecular complexity index is 1580. The number of halogens is 2. The minimum absolute atomic E-state index is 0.00380. The number of hydrogen-bond acceptors (Lipinski definition) is 5. The molecule has 0 unspecified atom stereocenters. The molecule has 36 heavy (non-hydrogen) atoms. The first-order chi connectivity index (χ1) is 17.1. The highest BCUT2D eigenvalue weighted by Gasteiger charge is 2.45. The molecule has 2 atom stereocenters. The lowest BCUT2D eigenvalue weighted by molar-refractivity contribution is -0.0507. The summed E-state index contributed by atoms with van der Waals surface area (Å²) in [6.45, 7) is 0.360. The predicted molar refractivity (Wildman–Crippen MR) is 133 cm³/mol. The fourth-order valence-electron chi connectivity index (χ4n) is 5.33. The van der Waals surface area contributed by atoms with Crippen LogP contribution in [-0.4, -0.2) is 52.3 Å². The van der Waals surface area contributed by atoms with Gasteiger partial charge in [-0.25, -0.2) is 4.98 Å². The molecule has 10 heteroatoms. The number of amides is 1. The highest BCUT2D eigenvalue weighted by molar-refractivity contribution is 7.69. The molecule has 1 amide bonds. The normalized spacial score (nSPS) is 18.9. The molecule has 2 aliphatic rings. The summed E-state index contributed by atoms with van der Waals surface area (Å²) < 4.78 is 45.8. The van der Waals surface area contributed by atoms with Crippen LogP contribution in [0.25, 0.3) is 22.2 Å². The van der Waals surface area contributed by atoms with Gasteiger partial charge >= 0.3 is 6.61 Å². The van der Waals surface area contributed by atoms with Crippen LogP contribution in [0.2, 0.25) is 0 Å². The van der Waals surface area contributed by atoms with Crippen molar-refractivity contribution in [3.8, 4) is 16.9 Å². The zero-order valence-electron chi connectivity index (χ0n) is 19.9. The van der Waals surface area contributed by atoms with Crippen molar-refractivity contribution in [2.45, 2.75) is 25.1 Å². The summed E-state index contributed by atoms with van der Waals surface area (Å²) >= 11 is 0. The molecular formula is C26H23F2N4O3P. The summed E-state index contributed by atoms with van der Waals surface area (Å²) in [6.07, 6.45) is 2.22. The van der Waals surface area contributed by atoms with Gasteiger partial charge in [-0.2, -0.15) is 8.78 Å². The van der Waals surface area contributed by atoms with E-state index in [0.29, 0.717) is 28.8 Å². The maximum Gasteiger partial charge on any atom is 0.387 e. The van der Waals surface area contributed by atoms with E-state index in [2.05, 4.69) is 4.98 Å². The number of carbonyl (C=O) groups excluding carboxylic acids is 1. The molecule has 0 spiro atoms. The number of rotatable bonds is 4. The first-order valence-corrected chi connectivity index (χ1v) is 14.1. The maximum absolute atomic E-state index is 13.3. The number of pyridine rings is 1. The first-order valence-electron chi connectivity index (χ1n) is 11.5. The van der Waals surface area contributed by atoms with Crippen molar-refractivity contribution in [1.82, 2.24) is 19.4 Å². The molecule has 0 saturated heterocycles. The third-order valence-electron chi connectivity index (χ3n) is 7.04. The van der Waals surface area contributed by atoms with Gasteiger partial charge in [-0.1, -0.05) is 18.2 Å². The van der Waals surface area contributed by atoms with Crippen molar-refractivity contribution in [3.63, 3.8) is 0 Å². The van der Waals surface area contributed by atoms with Gasteiger partial charge in [-0.05, 0) is 49.2 Å². The standard InChI is InChI=1S/C26H23F2N4O3P/c1-31-20-12-19(23-16(25(31)33)5-4-6-21(23)35-26(27)28)32-18-11-14(7-9-17(18)30-24(20)32)15-8-10-22(29-13-15)36(2,3)34/h4-11,13,19-20,26H,12H2,1-3H3/t19-,20-/m1/s1. The van der Waals surface area contributed by atoms with Gasteiger partial charge in [0.1, 0.15) is 18.7 Å². The van der Waals surface area contributed by atoms with Gasteiger partial charge < -0.3 is 18.8 Å². The Morgan fingerprint density at radius 2 is 1.86 bits per heavy atom. The van der Waals surface area contributed by atoms with Crippen LogP contribution in [0.15, 0.2) is 54.7 Å². The largest absolute Gasteiger partial charge is 0.434 e. The average molecular weight is 508 g/mol. The fourth-order valence-corrected chi connectivity index (χ4v) is 6.10. The van der Waals surface area contributed by atoms with Gasteiger partial charge in [0.25, 0.3) is 5.91 Å². The summed E-state index contributed by atoms with van der Waals surface area (Å²) in [5.41, 5.74) is 4.71. The summed E-state index contributed by atoms with van der Waals surface area (Å²) in [7, 11) is -0.750. The third-order valence-corrected chi connectivity index (χ3v) is 8.41. The average Bonchev–Trinajstić information content (AvgIpc) is 3.36. The predicted octanol–water partition coefficient (Wildman–Crippen LogP) is 5.07. The van der Waals surface area contributed by atoms with Gasteiger partial charge in [0.05, 0.1) is 28.6 Å². The number of alkyl halides is 2. The Labute approximate surface area is 206 Å². The number of carbonyl (C=O) groups is 1. The number of benzene rings is 2. The van der Waals surface area contributed by atoms with Crippen molar-refractivity contribution in [3.05, 3.63) is 71.7 Å². The molecule has 4 aromatic rings. The minimum Gasteiger partial charge on any atom is -0.434 e. The second-order valence-electron chi connectivity index (χ2n) is 9.58. The number of nitrogens with zero attached hydrogens (tertiary/aromatic N) is 4. The van der Waals surface area contributed by atoms with Gasteiger partial charge in [0, 0.05) is 36.4 Å². The highest BCUT2D eigenvalue weighted by atomic mass is 31.2. The van der Waals surface area contributed by atoms with Crippen LogP contribution < -0.4 is 10.2 Å². The maximum atomic E-state index is 13.3. The monoisotopic (exact) mass is 508 g/mol. The number of ether oxygens (including phenoxy) is 1. The summed E-state index contributed by atoms with van der Waals surface area (Å²) in [5, 5.41) is 0. The second kappa shape index (κ2) is 7.96. The van der Waals surface area contributed by atoms with Gasteiger partial charge in [-0.3, -0.25) is 9.78 Å². The van der Waals surface area contributed by atoms with Crippen LogP contribution >= 0.6 is 7.14 Å².